The zero-order valence-corrected chi connectivity index (χ0v) is 15.8. The van der Waals surface area contributed by atoms with Crippen molar-refractivity contribution in [3.05, 3.63) is 40.6 Å². The predicted octanol–water partition coefficient (Wildman–Crippen LogP) is 3.94. The lowest BCUT2D eigenvalue weighted by Crippen LogP contribution is -2.50. The number of methoxy groups -OCH3 is 1. The Labute approximate surface area is 151 Å². The van der Waals surface area contributed by atoms with Gasteiger partial charge in [-0.05, 0) is 55.9 Å². The van der Waals surface area contributed by atoms with Crippen molar-refractivity contribution in [1.29, 1.82) is 0 Å². The molecule has 1 aromatic carbocycles. The Morgan fingerprint density at radius 1 is 1.24 bits per heavy atom. The van der Waals surface area contributed by atoms with E-state index in [1.165, 1.54) is 11.1 Å². The van der Waals surface area contributed by atoms with E-state index in [0.717, 1.165) is 39.3 Å². The fraction of sp³-hybridized carbons (Fsp3) is 0.316. The van der Waals surface area contributed by atoms with Crippen molar-refractivity contribution in [2.24, 2.45) is 4.99 Å². The molecular formula is C19H20N4OS. The van der Waals surface area contributed by atoms with Gasteiger partial charge >= 0.3 is 0 Å². The lowest BCUT2D eigenvalue weighted by atomic mass is 9.89. The lowest BCUT2D eigenvalue weighted by molar-refractivity contribution is 0.411. The van der Waals surface area contributed by atoms with Crippen LogP contribution in [0.15, 0.2) is 28.5 Å². The highest BCUT2D eigenvalue weighted by molar-refractivity contribution is 7.98. The smallest absolute Gasteiger partial charge is 0.189 e. The van der Waals surface area contributed by atoms with E-state index in [1.807, 2.05) is 18.5 Å². The number of rotatable bonds is 3. The maximum Gasteiger partial charge on any atom is 0.189 e. The van der Waals surface area contributed by atoms with Gasteiger partial charge in [0, 0.05) is 17.3 Å². The SMILES string of the molecule is COc1ccc(C)c(C2=Cc3cnc(SC)nc3N3C2=NC3C)c1C. The van der Waals surface area contributed by atoms with E-state index in [1.54, 1.807) is 18.9 Å². The summed E-state index contributed by atoms with van der Waals surface area (Å²) in [6.45, 7) is 6.30. The largest absolute Gasteiger partial charge is 0.496 e. The van der Waals surface area contributed by atoms with Crippen molar-refractivity contribution in [3.8, 4) is 5.75 Å². The van der Waals surface area contributed by atoms with Gasteiger partial charge in [-0.2, -0.15) is 0 Å². The summed E-state index contributed by atoms with van der Waals surface area (Å²) in [6.07, 6.45) is 6.13. The number of aryl methyl sites for hydroxylation is 1. The molecule has 0 N–H and O–H groups in total. The van der Waals surface area contributed by atoms with Crippen LogP contribution in [0.2, 0.25) is 0 Å². The van der Waals surface area contributed by atoms with Crippen molar-refractivity contribution in [2.75, 3.05) is 18.3 Å². The lowest BCUT2D eigenvalue weighted by Gasteiger charge is -2.42. The summed E-state index contributed by atoms with van der Waals surface area (Å²) in [5, 5.41) is 0.780. The Hall–Kier alpha value is -2.34. The average molecular weight is 352 g/mol. The van der Waals surface area contributed by atoms with E-state index < -0.39 is 0 Å². The number of benzene rings is 1. The van der Waals surface area contributed by atoms with Gasteiger partial charge in [-0.1, -0.05) is 17.8 Å². The summed E-state index contributed by atoms with van der Waals surface area (Å²) >= 11 is 1.55. The normalized spacial score (nSPS) is 18.0. The second-order valence-electron chi connectivity index (χ2n) is 6.23. The van der Waals surface area contributed by atoms with Gasteiger partial charge < -0.3 is 4.74 Å². The Balaban J connectivity index is 1.94. The van der Waals surface area contributed by atoms with E-state index >= 15 is 0 Å². The third kappa shape index (κ3) is 2.35. The number of thioether (sulfide) groups is 1. The number of hydrogen-bond donors (Lipinski definition) is 0. The molecule has 25 heavy (non-hydrogen) atoms. The standard InChI is InChI=1S/C19H20N4OS/c1-10-6-7-15(24-4)11(2)16(10)14-8-13-9-20-19(25-5)22-17(13)23-12(3)21-18(14)23/h6-9,12H,1-5H3. The Bertz CT molecular complexity index is 935. The molecule has 2 aliphatic heterocycles. The summed E-state index contributed by atoms with van der Waals surface area (Å²) < 4.78 is 5.52. The number of aromatic nitrogens is 2. The minimum atomic E-state index is 0.0910. The molecule has 0 aliphatic carbocycles. The van der Waals surface area contributed by atoms with Crippen molar-refractivity contribution in [3.63, 3.8) is 0 Å². The van der Waals surface area contributed by atoms with E-state index in [-0.39, 0.29) is 6.17 Å². The zero-order chi connectivity index (χ0) is 17.7. The van der Waals surface area contributed by atoms with Gasteiger partial charge in [-0.25, -0.2) is 15.0 Å². The van der Waals surface area contributed by atoms with E-state index in [2.05, 4.69) is 42.8 Å². The summed E-state index contributed by atoms with van der Waals surface area (Å²) in [5.74, 6) is 2.81. The van der Waals surface area contributed by atoms with Crippen LogP contribution >= 0.6 is 11.8 Å². The molecule has 1 atom stereocenters. The van der Waals surface area contributed by atoms with Crippen molar-refractivity contribution < 1.29 is 4.74 Å². The molecule has 6 heteroatoms. The van der Waals surface area contributed by atoms with Crippen LogP contribution in [0.25, 0.3) is 11.6 Å². The minimum Gasteiger partial charge on any atom is -0.496 e. The molecule has 2 aliphatic rings. The highest BCUT2D eigenvalue weighted by Crippen LogP contribution is 2.42. The average Bonchev–Trinajstić information content (AvgIpc) is 2.60. The molecule has 2 aromatic rings. The number of hydrogen-bond acceptors (Lipinski definition) is 6. The Morgan fingerprint density at radius 2 is 2.04 bits per heavy atom. The highest BCUT2D eigenvalue weighted by atomic mass is 32.2. The molecule has 0 radical (unpaired) electrons. The number of ether oxygens (including phenoxy) is 1. The van der Waals surface area contributed by atoms with Crippen LogP contribution < -0.4 is 9.64 Å². The number of amidine groups is 1. The van der Waals surface area contributed by atoms with Gasteiger partial charge in [-0.15, -0.1) is 0 Å². The van der Waals surface area contributed by atoms with E-state index in [4.69, 9.17) is 14.7 Å². The fourth-order valence-corrected chi connectivity index (χ4v) is 3.86. The van der Waals surface area contributed by atoms with E-state index in [0.29, 0.717) is 0 Å². The number of nitrogens with zero attached hydrogens (tertiary/aromatic N) is 4. The molecule has 5 nitrogen and oxygen atoms in total. The van der Waals surface area contributed by atoms with Gasteiger partial charge in [0.25, 0.3) is 0 Å². The molecule has 0 spiro atoms. The van der Waals surface area contributed by atoms with Gasteiger partial charge in [0.2, 0.25) is 0 Å². The summed E-state index contributed by atoms with van der Waals surface area (Å²) in [7, 11) is 1.71. The minimum absolute atomic E-state index is 0.0910. The molecule has 0 saturated carbocycles. The first-order valence-corrected chi connectivity index (χ1v) is 9.42. The van der Waals surface area contributed by atoms with Crippen LogP contribution in [0.1, 0.15) is 29.2 Å². The number of anilines is 1. The van der Waals surface area contributed by atoms with Crippen molar-refractivity contribution in [2.45, 2.75) is 32.1 Å². The quantitative estimate of drug-likeness (QED) is 0.618. The summed E-state index contributed by atoms with van der Waals surface area (Å²) in [6, 6.07) is 4.11. The van der Waals surface area contributed by atoms with E-state index in [9.17, 15) is 0 Å². The first-order chi connectivity index (χ1) is 12.0. The molecule has 3 heterocycles. The maximum absolute atomic E-state index is 5.52. The molecule has 4 rings (SSSR count). The van der Waals surface area contributed by atoms with Crippen LogP contribution in [-0.2, 0) is 0 Å². The van der Waals surface area contributed by atoms with Crippen LogP contribution in [0.4, 0.5) is 5.82 Å². The van der Waals surface area contributed by atoms with Crippen LogP contribution in [-0.4, -0.2) is 35.3 Å². The number of aliphatic imine (C=N–C) groups is 1. The first kappa shape index (κ1) is 16.1. The van der Waals surface area contributed by atoms with Gasteiger partial charge in [-0.3, -0.25) is 4.90 Å². The maximum atomic E-state index is 5.52. The molecule has 0 saturated heterocycles. The van der Waals surface area contributed by atoms with Gasteiger partial charge in [0.15, 0.2) is 5.16 Å². The van der Waals surface area contributed by atoms with Crippen LogP contribution in [0.5, 0.6) is 5.75 Å². The summed E-state index contributed by atoms with van der Waals surface area (Å²) in [5.41, 5.74) is 5.65. The highest BCUT2D eigenvalue weighted by Gasteiger charge is 2.38. The van der Waals surface area contributed by atoms with Crippen LogP contribution in [0.3, 0.4) is 0 Å². The van der Waals surface area contributed by atoms with Crippen molar-refractivity contribution >= 4 is 35.1 Å². The zero-order valence-electron chi connectivity index (χ0n) is 15.0. The second-order valence-corrected chi connectivity index (χ2v) is 7.01. The van der Waals surface area contributed by atoms with Crippen molar-refractivity contribution in [1.82, 2.24) is 9.97 Å². The third-order valence-electron chi connectivity index (χ3n) is 4.75. The predicted molar refractivity (Wildman–Crippen MR) is 104 cm³/mol. The number of fused-ring (bicyclic) bond motifs is 3. The third-order valence-corrected chi connectivity index (χ3v) is 5.31. The second kappa shape index (κ2) is 5.88. The Kier molecular flexibility index (Phi) is 3.80. The Morgan fingerprint density at radius 3 is 2.72 bits per heavy atom. The molecule has 128 valence electrons. The molecule has 0 fully saturated rings. The fourth-order valence-electron chi connectivity index (χ4n) is 3.52. The van der Waals surface area contributed by atoms with Gasteiger partial charge in [0.1, 0.15) is 23.6 Å². The molecular weight excluding hydrogens is 332 g/mol. The monoisotopic (exact) mass is 352 g/mol. The molecule has 0 bridgehead atoms. The summed E-state index contributed by atoms with van der Waals surface area (Å²) in [4.78, 5) is 16.1. The topological polar surface area (TPSA) is 50.6 Å². The first-order valence-electron chi connectivity index (χ1n) is 8.20. The molecule has 0 amide bonds. The molecule has 1 aromatic heterocycles. The van der Waals surface area contributed by atoms with Crippen LogP contribution in [0, 0.1) is 13.8 Å². The van der Waals surface area contributed by atoms with Gasteiger partial charge in [0.05, 0.1) is 7.11 Å². The molecule has 1 unspecified atom stereocenters.